The van der Waals surface area contributed by atoms with Crippen LogP contribution in [0.5, 0.6) is 0 Å². The molecule has 0 bridgehead atoms. The molecule has 18 heavy (non-hydrogen) atoms. The molecule has 0 aliphatic heterocycles. The molecule has 2 aromatic heterocycles. The van der Waals surface area contributed by atoms with Gasteiger partial charge in [-0.1, -0.05) is 6.92 Å². The van der Waals surface area contributed by atoms with E-state index >= 15 is 0 Å². The van der Waals surface area contributed by atoms with Crippen LogP contribution in [0.4, 0.5) is 5.82 Å². The monoisotopic (exact) mass is 262 g/mol. The molecule has 0 aliphatic rings. The maximum absolute atomic E-state index is 5.43. The van der Waals surface area contributed by atoms with Gasteiger partial charge in [-0.25, -0.2) is 25.8 Å². The Labute approximate surface area is 109 Å². The summed E-state index contributed by atoms with van der Waals surface area (Å²) in [6, 6.07) is 1.86. The van der Waals surface area contributed by atoms with E-state index in [2.05, 4.69) is 25.4 Å². The normalized spacial score (nSPS) is 10.4. The summed E-state index contributed by atoms with van der Waals surface area (Å²) < 4.78 is 0. The molecular weight excluding hydrogens is 248 g/mol. The van der Waals surface area contributed by atoms with Gasteiger partial charge in [-0.2, -0.15) is 0 Å². The zero-order chi connectivity index (χ0) is 13.0. The van der Waals surface area contributed by atoms with Crippen LogP contribution in [0, 0.1) is 6.92 Å². The molecule has 0 saturated heterocycles. The van der Waals surface area contributed by atoms with Gasteiger partial charge in [-0.3, -0.25) is 0 Å². The summed E-state index contributed by atoms with van der Waals surface area (Å²) in [5.41, 5.74) is 4.47. The van der Waals surface area contributed by atoms with Gasteiger partial charge in [0.05, 0.1) is 0 Å². The van der Waals surface area contributed by atoms with Crippen molar-refractivity contribution in [1.82, 2.24) is 19.9 Å². The van der Waals surface area contributed by atoms with E-state index in [0.29, 0.717) is 11.0 Å². The smallest absolute Gasteiger partial charge is 0.194 e. The fourth-order valence-electron chi connectivity index (χ4n) is 1.49. The predicted molar refractivity (Wildman–Crippen MR) is 70.1 cm³/mol. The third-order valence-electron chi connectivity index (χ3n) is 2.36. The van der Waals surface area contributed by atoms with Crippen LogP contribution in [0.3, 0.4) is 0 Å². The summed E-state index contributed by atoms with van der Waals surface area (Å²) in [4.78, 5) is 16.9. The van der Waals surface area contributed by atoms with Crippen LogP contribution in [-0.4, -0.2) is 19.9 Å². The molecule has 0 fully saturated rings. The van der Waals surface area contributed by atoms with Gasteiger partial charge < -0.3 is 5.43 Å². The Bertz CT molecular complexity index is 545. The van der Waals surface area contributed by atoms with Gasteiger partial charge >= 0.3 is 0 Å². The Balaban J connectivity index is 2.34. The maximum Gasteiger partial charge on any atom is 0.194 e. The quantitative estimate of drug-likeness (QED) is 0.374. The van der Waals surface area contributed by atoms with Gasteiger partial charge in [0.1, 0.15) is 17.2 Å². The number of rotatable bonds is 4. The van der Waals surface area contributed by atoms with E-state index in [1.165, 1.54) is 18.1 Å². The average molecular weight is 262 g/mol. The van der Waals surface area contributed by atoms with Crippen LogP contribution in [0.15, 0.2) is 28.8 Å². The zero-order valence-corrected chi connectivity index (χ0v) is 11.0. The highest BCUT2D eigenvalue weighted by Crippen LogP contribution is 2.28. The fraction of sp³-hybridized carbons (Fsp3) is 0.273. The first kappa shape index (κ1) is 12.7. The number of hydrazine groups is 1. The number of aryl methyl sites for hydroxylation is 1. The average Bonchev–Trinajstić information content (AvgIpc) is 2.38. The third-order valence-corrected chi connectivity index (χ3v) is 3.28. The van der Waals surface area contributed by atoms with Gasteiger partial charge in [0.2, 0.25) is 0 Å². The molecule has 0 saturated carbocycles. The van der Waals surface area contributed by atoms with Crippen molar-refractivity contribution in [3.8, 4) is 0 Å². The minimum absolute atomic E-state index is 0.641. The highest BCUT2D eigenvalue weighted by atomic mass is 32.2. The van der Waals surface area contributed by atoms with Crippen LogP contribution in [0.2, 0.25) is 0 Å². The zero-order valence-electron chi connectivity index (χ0n) is 10.2. The standard InChI is InChI=1S/C11H14N6S/c1-3-8-9(17-12)14-6-15-10(8)18-11-13-5-4-7(2)16-11/h4-6H,3,12H2,1-2H3,(H,14,15,17). The Hall–Kier alpha value is -1.73. The van der Waals surface area contributed by atoms with E-state index in [-0.39, 0.29) is 0 Å². The van der Waals surface area contributed by atoms with E-state index < -0.39 is 0 Å². The maximum atomic E-state index is 5.43. The van der Waals surface area contributed by atoms with Gasteiger partial charge in [0.25, 0.3) is 0 Å². The predicted octanol–water partition coefficient (Wildman–Crippen LogP) is 1.57. The van der Waals surface area contributed by atoms with Gasteiger partial charge in [-0.05, 0) is 31.2 Å². The van der Waals surface area contributed by atoms with Crippen molar-refractivity contribution < 1.29 is 0 Å². The van der Waals surface area contributed by atoms with Crippen LogP contribution < -0.4 is 11.3 Å². The number of aromatic nitrogens is 4. The summed E-state index contributed by atoms with van der Waals surface area (Å²) >= 11 is 1.41. The van der Waals surface area contributed by atoms with Crippen molar-refractivity contribution in [3.05, 3.63) is 29.8 Å². The first-order chi connectivity index (χ1) is 8.74. The number of anilines is 1. The molecular formula is C11H14N6S. The largest absolute Gasteiger partial charge is 0.308 e. The lowest BCUT2D eigenvalue weighted by molar-refractivity contribution is 0.907. The van der Waals surface area contributed by atoms with Crippen LogP contribution in [0.25, 0.3) is 0 Å². The van der Waals surface area contributed by atoms with Crippen LogP contribution in [-0.2, 0) is 6.42 Å². The first-order valence-corrected chi connectivity index (χ1v) is 6.34. The van der Waals surface area contributed by atoms with Gasteiger partial charge in [0.15, 0.2) is 5.16 Å². The number of nitrogens with zero attached hydrogens (tertiary/aromatic N) is 4. The Morgan fingerprint density at radius 3 is 2.83 bits per heavy atom. The summed E-state index contributed by atoms with van der Waals surface area (Å²) in [5.74, 6) is 6.07. The Morgan fingerprint density at radius 1 is 1.33 bits per heavy atom. The second-order valence-corrected chi connectivity index (χ2v) is 4.54. The minimum Gasteiger partial charge on any atom is -0.308 e. The third kappa shape index (κ3) is 2.74. The number of nitrogen functional groups attached to an aromatic ring is 1. The van der Waals surface area contributed by atoms with E-state index in [1.807, 2.05) is 19.9 Å². The molecule has 0 aromatic carbocycles. The summed E-state index contributed by atoms with van der Waals surface area (Å²) in [7, 11) is 0. The molecule has 2 aromatic rings. The summed E-state index contributed by atoms with van der Waals surface area (Å²) in [5, 5.41) is 1.50. The van der Waals surface area contributed by atoms with Crippen molar-refractivity contribution in [1.29, 1.82) is 0 Å². The minimum atomic E-state index is 0.641. The molecule has 0 atom stereocenters. The second kappa shape index (κ2) is 5.74. The first-order valence-electron chi connectivity index (χ1n) is 5.52. The highest BCUT2D eigenvalue weighted by molar-refractivity contribution is 7.99. The SMILES string of the molecule is CCc1c(NN)ncnc1Sc1nccc(C)n1. The number of hydrogen-bond acceptors (Lipinski definition) is 7. The van der Waals surface area contributed by atoms with Crippen molar-refractivity contribution in [2.24, 2.45) is 5.84 Å². The lowest BCUT2D eigenvalue weighted by Gasteiger charge is -2.09. The van der Waals surface area contributed by atoms with Crippen LogP contribution >= 0.6 is 11.8 Å². The molecule has 0 amide bonds. The number of hydrogen-bond donors (Lipinski definition) is 2. The molecule has 0 spiro atoms. The van der Waals surface area contributed by atoms with Gasteiger partial charge in [0, 0.05) is 17.5 Å². The van der Waals surface area contributed by atoms with Crippen molar-refractivity contribution in [2.45, 2.75) is 30.5 Å². The van der Waals surface area contributed by atoms with E-state index in [1.54, 1.807) is 6.20 Å². The lowest BCUT2D eigenvalue weighted by atomic mass is 10.2. The molecule has 3 N–H and O–H groups in total. The van der Waals surface area contributed by atoms with Crippen molar-refractivity contribution in [3.63, 3.8) is 0 Å². The molecule has 94 valence electrons. The lowest BCUT2D eigenvalue weighted by Crippen LogP contribution is -2.12. The van der Waals surface area contributed by atoms with E-state index in [9.17, 15) is 0 Å². The molecule has 6 nitrogen and oxygen atoms in total. The molecule has 7 heteroatoms. The molecule has 2 rings (SSSR count). The summed E-state index contributed by atoms with van der Waals surface area (Å²) in [6.07, 6.45) is 4.00. The fourth-order valence-corrected chi connectivity index (χ4v) is 2.43. The summed E-state index contributed by atoms with van der Waals surface area (Å²) in [6.45, 7) is 3.96. The second-order valence-electron chi connectivity index (χ2n) is 3.59. The molecule has 0 unspecified atom stereocenters. The number of nitrogens with two attached hydrogens (primary N) is 1. The topological polar surface area (TPSA) is 89.6 Å². The molecule has 0 aliphatic carbocycles. The number of nitrogens with one attached hydrogen (secondary N) is 1. The Kier molecular flexibility index (Phi) is 4.06. The van der Waals surface area contributed by atoms with Gasteiger partial charge in [-0.15, -0.1) is 0 Å². The molecule has 0 radical (unpaired) electrons. The molecule has 2 heterocycles. The van der Waals surface area contributed by atoms with Crippen molar-refractivity contribution >= 4 is 17.6 Å². The highest BCUT2D eigenvalue weighted by Gasteiger charge is 2.11. The van der Waals surface area contributed by atoms with E-state index in [0.717, 1.165) is 22.7 Å². The van der Waals surface area contributed by atoms with E-state index in [4.69, 9.17) is 5.84 Å². The van der Waals surface area contributed by atoms with Crippen LogP contribution in [0.1, 0.15) is 18.2 Å². The van der Waals surface area contributed by atoms with Crippen molar-refractivity contribution in [2.75, 3.05) is 5.43 Å². The Morgan fingerprint density at radius 2 is 2.17 bits per heavy atom.